The highest BCUT2D eigenvalue weighted by Crippen LogP contribution is 2.25. The zero-order chi connectivity index (χ0) is 22.9. The standard InChI is InChI=1S/C26H25NO4S/c1-18(2)20-9-12-22(13-10-20)32(29,30)25-17-27(16-19-7-5-4-6-8-19)24-14-11-21(31-3)15-23(24)26(25)28/h4-15,17-18H,16H2,1-3H3. The topological polar surface area (TPSA) is 65.4 Å². The van der Waals surface area contributed by atoms with E-state index in [1.165, 1.54) is 13.3 Å². The summed E-state index contributed by atoms with van der Waals surface area (Å²) >= 11 is 0. The van der Waals surface area contributed by atoms with Crippen molar-refractivity contribution in [1.82, 2.24) is 4.57 Å². The van der Waals surface area contributed by atoms with E-state index in [2.05, 4.69) is 0 Å². The van der Waals surface area contributed by atoms with E-state index in [-0.39, 0.29) is 15.7 Å². The molecule has 1 heterocycles. The first-order chi connectivity index (χ1) is 15.3. The normalized spacial score (nSPS) is 11.8. The maximum absolute atomic E-state index is 13.5. The van der Waals surface area contributed by atoms with Crippen LogP contribution < -0.4 is 10.2 Å². The second-order valence-corrected chi connectivity index (χ2v) is 9.96. The van der Waals surface area contributed by atoms with Gasteiger partial charge in [-0.1, -0.05) is 56.3 Å². The van der Waals surface area contributed by atoms with Crippen LogP contribution in [0, 0.1) is 0 Å². The van der Waals surface area contributed by atoms with E-state index in [0.29, 0.717) is 23.2 Å². The zero-order valence-electron chi connectivity index (χ0n) is 18.3. The molecule has 0 spiro atoms. The summed E-state index contributed by atoms with van der Waals surface area (Å²) in [6.45, 7) is 4.52. The van der Waals surface area contributed by atoms with Gasteiger partial charge in [0.05, 0.1) is 22.9 Å². The van der Waals surface area contributed by atoms with Crippen LogP contribution in [0.1, 0.15) is 30.9 Å². The number of nitrogens with zero attached hydrogens (tertiary/aromatic N) is 1. The van der Waals surface area contributed by atoms with Crippen LogP contribution in [-0.4, -0.2) is 20.1 Å². The van der Waals surface area contributed by atoms with Crippen molar-refractivity contribution < 1.29 is 13.2 Å². The van der Waals surface area contributed by atoms with E-state index in [1.807, 2.05) is 44.2 Å². The first kappa shape index (κ1) is 21.8. The average Bonchev–Trinajstić information content (AvgIpc) is 2.81. The molecule has 1 aromatic heterocycles. The lowest BCUT2D eigenvalue weighted by Gasteiger charge is -2.15. The maximum Gasteiger partial charge on any atom is 0.211 e. The molecule has 0 N–H and O–H groups in total. The fraction of sp³-hybridized carbons (Fsp3) is 0.192. The SMILES string of the molecule is COc1ccc2c(c1)c(=O)c(S(=O)(=O)c1ccc(C(C)C)cc1)cn2Cc1ccccc1. The van der Waals surface area contributed by atoms with Crippen molar-refractivity contribution in [2.75, 3.05) is 7.11 Å². The quantitative estimate of drug-likeness (QED) is 0.417. The second-order valence-electron chi connectivity index (χ2n) is 8.05. The lowest BCUT2D eigenvalue weighted by molar-refractivity contribution is 0.415. The van der Waals surface area contributed by atoms with E-state index in [1.54, 1.807) is 47.0 Å². The van der Waals surface area contributed by atoms with Gasteiger partial charge in [0.25, 0.3) is 0 Å². The lowest BCUT2D eigenvalue weighted by Crippen LogP contribution is -2.19. The van der Waals surface area contributed by atoms with E-state index in [4.69, 9.17) is 4.74 Å². The molecular formula is C26H25NO4S. The van der Waals surface area contributed by atoms with Gasteiger partial charge in [-0.05, 0) is 47.4 Å². The minimum absolute atomic E-state index is 0.104. The molecule has 0 radical (unpaired) electrons. The zero-order valence-corrected chi connectivity index (χ0v) is 19.1. The Bertz CT molecular complexity index is 1420. The van der Waals surface area contributed by atoms with Crippen LogP contribution in [0.15, 0.2) is 93.6 Å². The second kappa shape index (κ2) is 8.63. The Morgan fingerprint density at radius 2 is 1.62 bits per heavy atom. The van der Waals surface area contributed by atoms with Crippen LogP contribution in [0.3, 0.4) is 0 Å². The van der Waals surface area contributed by atoms with Crippen molar-refractivity contribution in [1.29, 1.82) is 0 Å². The largest absolute Gasteiger partial charge is 0.497 e. The highest BCUT2D eigenvalue weighted by Gasteiger charge is 2.24. The lowest BCUT2D eigenvalue weighted by atomic mass is 10.0. The van der Waals surface area contributed by atoms with E-state index in [9.17, 15) is 13.2 Å². The number of hydrogen-bond donors (Lipinski definition) is 0. The van der Waals surface area contributed by atoms with Gasteiger partial charge in [-0.2, -0.15) is 0 Å². The molecule has 3 aromatic carbocycles. The van der Waals surface area contributed by atoms with Gasteiger partial charge < -0.3 is 9.30 Å². The minimum atomic E-state index is -4.01. The molecule has 0 unspecified atom stereocenters. The molecule has 0 bridgehead atoms. The third-order valence-electron chi connectivity index (χ3n) is 5.60. The maximum atomic E-state index is 13.5. The average molecular weight is 448 g/mol. The summed E-state index contributed by atoms with van der Waals surface area (Å²) in [7, 11) is -2.50. The van der Waals surface area contributed by atoms with Crippen LogP contribution in [0.5, 0.6) is 5.75 Å². The number of methoxy groups -OCH3 is 1. The minimum Gasteiger partial charge on any atom is -0.497 e. The Balaban J connectivity index is 1.93. The van der Waals surface area contributed by atoms with Gasteiger partial charge in [-0.15, -0.1) is 0 Å². The fourth-order valence-corrected chi connectivity index (χ4v) is 5.11. The molecule has 6 heteroatoms. The smallest absolute Gasteiger partial charge is 0.211 e. The Labute approximate surface area is 187 Å². The van der Waals surface area contributed by atoms with Gasteiger partial charge >= 0.3 is 0 Å². The van der Waals surface area contributed by atoms with Crippen molar-refractivity contribution >= 4 is 20.7 Å². The predicted octanol–water partition coefficient (Wildman–Crippen LogP) is 5.01. The summed E-state index contributed by atoms with van der Waals surface area (Å²) in [5, 5.41) is 0.306. The summed E-state index contributed by atoms with van der Waals surface area (Å²) in [6.07, 6.45) is 1.45. The van der Waals surface area contributed by atoms with Crippen molar-refractivity contribution in [3.05, 3.63) is 100 Å². The molecule has 0 aliphatic rings. The molecule has 0 aliphatic heterocycles. The molecule has 32 heavy (non-hydrogen) atoms. The summed E-state index contributed by atoms with van der Waals surface area (Å²) in [4.78, 5) is 13.2. The highest BCUT2D eigenvalue weighted by molar-refractivity contribution is 7.91. The van der Waals surface area contributed by atoms with Crippen LogP contribution in [-0.2, 0) is 16.4 Å². The summed E-state index contributed by atoms with van der Waals surface area (Å²) in [5.74, 6) is 0.777. The van der Waals surface area contributed by atoms with Gasteiger partial charge in [0, 0.05) is 12.7 Å². The molecule has 4 rings (SSSR count). The first-order valence-corrected chi connectivity index (χ1v) is 11.9. The molecule has 4 aromatic rings. The number of rotatable bonds is 6. The third kappa shape index (κ3) is 4.06. The van der Waals surface area contributed by atoms with Gasteiger partial charge in [0.1, 0.15) is 10.6 Å². The molecule has 0 aliphatic carbocycles. The molecule has 164 valence electrons. The number of ether oxygens (including phenoxy) is 1. The van der Waals surface area contributed by atoms with Gasteiger partial charge in [-0.25, -0.2) is 8.42 Å². The van der Waals surface area contributed by atoms with E-state index >= 15 is 0 Å². The monoisotopic (exact) mass is 447 g/mol. The van der Waals surface area contributed by atoms with Crippen LogP contribution in [0.25, 0.3) is 10.9 Å². The summed E-state index contributed by atoms with van der Waals surface area (Å²) < 4.78 is 34.1. The molecule has 0 saturated carbocycles. The van der Waals surface area contributed by atoms with Crippen LogP contribution >= 0.6 is 0 Å². The van der Waals surface area contributed by atoms with Gasteiger partial charge in [0.2, 0.25) is 15.3 Å². The van der Waals surface area contributed by atoms with E-state index < -0.39 is 15.3 Å². The number of pyridine rings is 1. The summed E-state index contributed by atoms with van der Waals surface area (Å²) in [6, 6.07) is 21.6. The first-order valence-electron chi connectivity index (χ1n) is 10.4. The van der Waals surface area contributed by atoms with Crippen LogP contribution in [0.2, 0.25) is 0 Å². The molecule has 0 atom stereocenters. The van der Waals surface area contributed by atoms with Crippen molar-refractivity contribution in [2.45, 2.75) is 36.1 Å². The predicted molar refractivity (Wildman–Crippen MR) is 126 cm³/mol. The van der Waals surface area contributed by atoms with Crippen LogP contribution in [0.4, 0.5) is 0 Å². The Morgan fingerprint density at radius 3 is 2.25 bits per heavy atom. The Hall–Kier alpha value is -3.38. The Kier molecular flexibility index (Phi) is 5.89. The van der Waals surface area contributed by atoms with Crippen molar-refractivity contribution in [3.63, 3.8) is 0 Å². The molecule has 0 amide bonds. The summed E-state index contributed by atoms with van der Waals surface area (Å²) in [5.41, 5.74) is 2.15. The fourth-order valence-electron chi connectivity index (χ4n) is 3.74. The third-order valence-corrected chi connectivity index (χ3v) is 7.36. The number of benzene rings is 3. The van der Waals surface area contributed by atoms with E-state index in [0.717, 1.165) is 11.1 Å². The number of hydrogen-bond acceptors (Lipinski definition) is 4. The molecule has 5 nitrogen and oxygen atoms in total. The molecular weight excluding hydrogens is 422 g/mol. The Morgan fingerprint density at radius 1 is 0.938 bits per heavy atom. The molecule has 0 fully saturated rings. The molecule has 0 saturated heterocycles. The number of aromatic nitrogens is 1. The van der Waals surface area contributed by atoms with Gasteiger partial charge in [0.15, 0.2) is 0 Å². The number of sulfone groups is 1. The number of fused-ring (bicyclic) bond motifs is 1. The van der Waals surface area contributed by atoms with Gasteiger partial charge in [-0.3, -0.25) is 4.79 Å². The highest BCUT2D eigenvalue weighted by atomic mass is 32.2. The van der Waals surface area contributed by atoms with Crippen molar-refractivity contribution in [2.24, 2.45) is 0 Å². The van der Waals surface area contributed by atoms with Crippen molar-refractivity contribution in [3.8, 4) is 5.75 Å².